The number of amides is 2. The fourth-order valence-corrected chi connectivity index (χ4v) is 5.70. The smallest absolute Gasteiger partial charge is 0.325 e. The van der Waals surface area contributed by atoms with Crippen molar-refractivity contribution < 1.29 is 28.9 Å². The lowest BCUT2D eigenvalue weighted by atomic mass is 9.97. The van der Waals surface area contributed by atoms with Crippen LogP contribution in [0.25, 0.3) is 11.1 Å². The van der Waals surface area contributed by atoms with Crippen LogP contribution < -0.4 is 10.6 Å². The summed E-state index contributed by atoms with van der Waals surface area (Å²) in [5, 5.41) is 14.9. The number of esters is 1. The lowest BCUT2D eigenvalue weighted by Gasteiger charge is -2.38. The van der Waals surface area contributed by atoms with Crippen LogP contribution in [0.4, 0.5) is 4.79 Å². The minimum Gasteiger partial charge on any atom is -0.465 e. The molecule has 3 atom stereocenters. The summed E-state index contributed by atoms with van der Waals surface area (Å²) in [6.45, 7) is 3.67. The molecule has 0 radical (unpaired) electrons. The molecule has 3 unspecified atom stereocenters. The number of carbonyl (C=O) groups is 2. The van der Waals surface area contributed by atoms with Gasteiger partial charge < -0.3 is 34.9 Å². The third-order valence-corrected chi connectivity index (χ3v) is 8.26. The quantitative estimate of drug-likeness (QED) is 0.157. The fourth-order valence-electron chi connectivity index (χ4n) is 5.70. The summed E-state index contributed by atoms with van der Waals surface area (Å²) in [6.07, 6.45) is 2.57. The molecule has 3 aromatic carbocycles. The summed E-state index contributed by atoms with van der Waals surface area (Å²) >= 11 is 0. The van der Waals surface area contributed by atoms with Crippen molar-refractivity contribution in [3.8, 4) is 11.1 Å². The maximum absolute atomic E-state index is 12.3. The molecule has 0 bridgehead atoms. The number of hydrogen-bond donors (Lipinski definition) is 3. The van der Waals surface area contributed by atoms with Crippen LogP contribution in [0.15, 0.2) is 97.2 Å². The molecule has 1 aromatic heterocycles. The van der Waals surface area contributed by atoms with Gasteiger partial charge in [-0.3, -0.25) is 9.78 Å². The van der Waals surface area contributed by atoms with E-state index in [9.17, 15) is 14.7 Å². The Morgan fingerprint density at radius 1 is 0.938 bits per heavy atom. The van der Waals surface area contributed by atoms with E-state index in [0.717, 1.165) is 58.6 Å². The molecule has 4 aromatic rings. The Bertz CT molecular complexity index is 1600. The number of aromatic nitrogens is 1. The van der Waals surface area contributed by atoms with Gasteiger partial charge in [-0.05, 0) is 53.9 Å². The van der Waals surface area contributed by atoms with E-state index in [4.69, 9.17) is 14.2 Å². The molecular weight excluding hydrogens is 608 g/mol. The van der Waals surface area contributed by atoms with Crippen molar-refractivity contribution in [2.75, 3.05) is 33.3 Å². The zero-order chi connectivity index (χ0) is 33.7. The van der Waals surface area contributed by atoms with Crippen LogP contribution >= 0.6 is 0 Å². The Morgan fingerprint density at radius 2 is 1.69 bits per heavy atom. The van der Waals surface area contributed by atoms with Gasteiger partial charge in [0.25, 0.3) is 0 Å². The standard InChI is InChI=1S/C38H44N4O6/c1-3-46-36(44)24-41-38(45)40-23-31-8-4-5-10-34(31)28-15-17-30(18-16-28)37-47-33(25-42(2)21-19-32-9-6-7-20-39-32)22-35(48-37)29-13-11-27(26-43)12-14-29/h4-18,20,33,35,37,43H,3,19,21-26H2,1-2H3,(H2,40,41,45). The van der Waals surface area contributed by atoms with Crippen molar-refractivity contribution in [1.29, 1.82) is 0 Å². The van der Waals surface area contributed by atoms with Gasteiger partial charge in [-0.1, -0.05) is 78.9 Å². The maximum Gasteiger partial charge on any atom is 0.325 e. The molecule has 5 rings (SSSR count). The number of urea groups is 1. The van der Waals surface area contributed by atoms with Crippen LogP contribution in [0.3, 0.4) is 0 Å². The molecule has 2 heterocycles. The molecular formula is C38H44N4O6. The predicted molar refractivity (Wildman–Crippen MR) is 183 cm³/mol. The third-order valence-electron chi connectivity index (χ3n) is 8.26. The summed E-state index contributed by atoms with van der Waals surface area (Å²) < 4.78 is 18.0. The van der Waals surface area contributed by atoms with Crippen LogP contribution in [-0.4, -0.2) is 66.4 Å². The van der Waals surface area contributed by atoms with Gasteiger partial charge in [-0.15, -0.1) is 0 Å². The summed E-state index contributed by atoms with van der Waals surface area (Å²) in [7, 11) is 2.10. The van der Waals surface area contributed by atoms with E-state index in [1.165, 1.54) is 0 Å². The number of nitrogens with one attached hydrogen (secondary N) is 2. The first-order valence-electron chi connectivity index (χ1n) is 16.4. The number of hydrogen-bond acceptors (Lipinski definition) is 8. The van der Waals surface area contributed by atoms with E-state index in [2.05, 4.69) is 27.6 Å². The lowest BCUT2D eigenvalue weighted by molar-refractivity contribution is -0.252. The molecule has 48 heavy (non-hydrogen) atoms. The first-order chi connectivity index (χ1) is 23.4. The highest BCUT2D eigenvalue weighted by Crippen LogP contribution is 2.38. The number of nitrogens with zero attached hydrogens (tertiary/aromatic N) is 2. The molecule has 1 aliphatic heterocycles. The van der Waals surface area contributed by atoms with Gasteiger partial charge >= 0.3 is 12.0 Å². The van der Waals surface area contributed by atoms with E-state index >= 15 is 0 Å². The molecule has 1 aliphatic rings. The molecule has 0 spiro atoms. The number of aliphatic hydroxyl groups is 1. The average Bonchev–Trinajstić information content (AvgIpc) is 3.13. The molecule has 2 amide bonds. The predicted octanol–water partition coefficient (Wildman–Crippen LogP) is 5.32. The Balaban J connectivity index is 1.27. The molecule has 10 nitrogen and oxygen atoms in total. The van der Waals surface area contributed by atoms with Gasteiger partial charge in [-0.25, -0.2) is 4.79 Å². The van der Waals surface area contributed by atoms with Crippen LogP contribution in [0.1, 0.15) is 53.7 Å². The molecule has 0 aliphatic carbocycles. The van der Waals surface area contributed by atoms with Gasteiger partial charge in [0.1, 0.15) is 6.54 Å². The summed E-state index contributed by atoms with van der Waals surface area (Å²) in [4.78, 5) is 30.6. The lowest BCUT2D eigenvalue weighted by Crippen LogP contribution is -2.38. The van der Waals surface area contributed by atoms with Gasteiger partial charge in [0, 0.05) is 49.9 Å². The highest BCUT2D eigenvalue weighted by molar-refractivity contribution is 5.81. The van der Waals surface area contributed by atoms with E-state index in [0.29, 0.717) is 6.42 Å². The van der Waals surface area contributed by atoms with Crippen molar-refractivity contribution in [1.82, 2.24) is 20.5 Å². The van der Waals surface area contributed by atoms with Crippen LogP contribution in [-0.2, 0) is 38.6 Å². The number of rotatable bonds is 14. The van der Waals surface area contributed by atoms with Crippen LogP contribution in [0, 0.1) is 0 Å². The number of ether oxygens (including phenoxy) is 3. The normalized spacial score (nSPS) is 17.5. The molecule has 0 saturated carbocycles. The molecule has 10 heteroatoms. The fraction of sp³-hybridized carbons (Fsp3) is 0.342. The maximum atomic E-state index is 12.3. The highest BCUT2D eigenvalue weighted by atomic mass is 16.7. The van der Waals surface area contributed by atoms with Crippen LogP contribution in [0.2, 0.25) is 0 Å². The number of likely N-dealkylation sites (N-methyl/N-ethyl adjacent to an activating group) is 1. The summed E-state index contributed by atoms with van der Waals surface area (Å²) in [5.74, 6) is -0.482. The minimum atomic E-state index is -0.565. The monoisotopic (exact) mass is 652 g/mol. The summed E-state index contributed by atoms with van der Waals surface area (Å²) in [6, 6.07) is 29.4. The topological polar surface area (TPSA) is 122 Å². The van der Waals surface area contributed by atoms with E-state index in [1.54, 1.807) is 6.92 Å². The van der Waals surface area contributed by atoms with Gasteiger partial charge in [0.05, 0.1) is 25.4 Å². The molecule has 3 N–H and O–H groups in total. The molecule has 252 valence electrons. The third kappa shape index (κ3) is 9.95. The van der Waals surface area contributed by atoms with Crippen LogP contribution in [0.5, 0.6) is 0 Å². The number of pyridine rings is 1. The Kier molecular flexibility index (Phi) is 12.7. The zero-order valence-corrected chi connectivity index (χ0v) is 27.5. The minimum absolute atomic E-state index is 0.00451. The number of carbonyl (C=O) groups excluding carboxylic acids is 2. The van der Waals surface area contributed by atoms with Crippen molar-refractivity contribution in [3.05, 3.63) is 125 Å². The summed E-state index contributed by atoms with van der Waals surface area (Å²) in [5.41, 5.74) is 6.77. The van der Waals surface area contributed by atoms with Gasteiger partial charge in [0.2, 0.25) is 0 Å². The largest absolute Gasteiger partial charge is 0.465 e. The van der Waals surface area contributed by atoms with Gasteiger partial charge in [0.15, 0.2) is 6.29 Å². The first kappa shape index (κ1) is 34.7. The van der Waals surface area contributed by atoms with Crippen molar-refractivity contribution in [3.63, 3.8) is 0 Å². The second-order valence-corrected chi connectivity index (χ2v) is 11.8. The zero-order valence-electron chi connectivity index (χ0n) is 27.5. The van der Waals surface area contributed by atoms with E-state index in [-0.39, 0.29) is 38.5 Å². The van der Waals surface area contributed by atoms with Crippen molar-refractivity contribution in [2.24, 2.45) is 0 Å². The van der Waals surface area contributed by atoms with E-state index < -0.39 is 18.3 Å². The number of benzene rings is 3. The molecule has 1 saturated heterocycles. The first-order valence-corrected chi connectivity index (χ1v) is 16.4. The number of aliphatic hydroxyl groups excluding tert-OH is 1. The van der Waals surface area contributed by atoms with Crippen molar-refractivity contribution in [2.45, 2.75) is 51.4 Å². The van der Waals surface area contributed by atoms with Gasteiger partial charge in [-0.2, -0.15) is 0 Å². The van der Waals surface area contributed by atoms with Crippen molar-refractivity contribution >= 4 is 12.0 Å². The Hall–Kier alpha value is -4.61. The second kappa shape index (κ2) is 17.5. The highest BCUT2D eigenvalue weighted by Gasteiger charge is 2.32. The Labute approximate surface area is 282 Å². The Morgan fingerprint density at radius 3 is 2.42 bits per heavy atom. The average molecular weight is 653 g/mol. The van der Waals surface area contributed by atoms with E-state index in [1.807, 2.05) is 97.2 Å². The molecule has 1 fully saturated rings. The second-order valence-electron chi connectivity index (χ2n) is 11.8. The SMILES string of the molecule is CCOC(=O)CNC(=O)NCc1ccccc1-c1ccc(C2OC(CN(C)CCc3ccccn3)CC(c3ccc(CO)cc3)O2)cc1.